The number of hydrogen-bond acceptors (Lipinski definition) is 4. The molecule has 2 amide bonds. The van der Waals surface area contributed by atoms with Gasteiger partial charge in [-0.2, -0.15) is 13.2 Å². The first-order valence-corrected chi connectivity index (χ1v) is 8.17. The quantitative estimate of drug-likeness (QED) is 0.748. The molecule has 0 spiro atoms. The predicted molar refractivity (Wildman–Crippen MR) is 85.1 cm³/mol. The second-order valence-electron chi connectivity index (χ2n) is 5.69. The molecular weight excluding hydrogens is 379 g/mol. The van der Waals surface area contributed by atoms with Crippen LogP contribution in [0.1, 0.15) is 18.4 Å². The Kier molecular flexibility index (Phi) is 6.52. The summed E-state index contributed by atoms with van der Waals surface area (Å²) in [6.07, 6.45) is -3.14. The van der Waals surface area contributed by atoms with Gasteiger partial charge >= 0.3 is 18.2 Å². The van der Waals surface area contributed by atoms with Crippen LogP contribution < -0.4 is 10.1 Å². The molecule has 1 aromatic rings. The Morgan fingerprint density at radius 3 is 2.58 bits per heavy atom. The average Bonchev–Trinajstić information content (AvgIpc) is 2.58. The van der Waals surface area contributed by atoms with Crippen molar-refractivity contribution >= 4 is 23.6 Å². The summed E-state index contributed by atoms with van der Waals surface area (Å²) in [5.74, 6) is -1.45. The molecule has 2 heterocycles. The van der Waals surface area contributed by atoms with Crippen molar-refractivity contribution in [2.75, 3.05) is 26.2 Å². The van der Waals surface area contributed by atoms with Crippen LogP contribution in [0.2, 0.25) is 5.02 Å². The standard InChI is InChI=1S/C15H17ClF3N3O4/c16-11-7-10(15(17,18)19)8-21-12(11)26-6-3-20-14(25)22-4-1-9(2-5-22)13(23)24/h7-9H,1-6H2,(H,20,25)(H,23,24). The van der Waals surface area contributed by atoms with Crippen LogP contribution in [0.3, 0.4) is 0 Å². The number of halogens is 4. The summed E-state index contributed by atoms with van der Waals surface area (Å²) in [5, 5.41) is 11.2. The topological polar surface area (TPSA) is 91.8 Å². The number of pyridine rings is 1. The van der Waals surface area contributed by atoms with Crippen LogP contribution in [0.4, 0.5) is 18.0 Å². The summed E-state index contributed by atoms with van der Waals surface area (Å²) in [6, 6.07) is 0.360. The largest absolute Gasteiger partial charge is 0.481 e. The van der Waals surface area contributed by atoms with E-state index >= 15 is 0 Å². The molecule has 1 aliphatic heterocycles. The predicted octanol–water partition coefficient (Wildman–Crippen LogP) is 2.64. The number of carboxylic acids is 1. The van der Waals surface area contributed by atoms with Gasteiger partial charge < -0.3 is 20.1 Å². The minimum atomic E-state index is -4.54. The zero-order chi connectivity index (χ0) is 19.3. The second-order valence-corrected chi connectivity index (χ2v) is 6.10. The summed E-state index contributed by atoms with van der Waals surface area (Å²) in [7, 11) is 0. The second kappa shape index (κ2) is 8.43. The van der Waals surface area contributed by atoms with Crippen molar-refractivity contribution < 1.29 is 32.6 Å². The van der Waals surface area contributed by atoms with Gasteiger partial charge in [-0.3, -0.25) is 4.79 Å². The molecule has 0 radical (unpaired) electrons. The Morgan fingerprint density at radius 2 is 2.04 bits per heavy atom. The summed E-state index contributed by atoms with van der Waals surface area (Å²) in [5.41, 5.74) is -0.979. The summed E-state index contributed by atoms with van der Waals surface area (Å²) < 4.78 is 42.7. The van der Waals surface area contributed by atoms with Crippen LogP contribution in [0, 0.1) is 5.92 Å². The smallest absolute Gasteiger partial charge is 0.417 e. The molecule has 1 saturated heterocycles. The molecule has 11 heteroatoms. The number of likely N-dealkylation sites (tertiary alicyclic amines) is 1. The molecule has 1 aromatic heterocycles. The fourth-order valence-electron chi connectivity index (χ4n) is 2.43. The van der Waals surface area contributed by atoms with E-state index in [1.807, 2.05) is 0 Å². The van der Waals surface area contributed by atoms with Crippen LogP contribution in [-0.4, -0.2) is 53.2 Å². The number of alkyl halides is 3. The third kappa shape index (κ3) is 5.38. The lowest BCUT2D eigenvalue weighted by molar-refractivity contribution is -0.143. The van der Waals surface area contributed by atoms with Gasteiger partial charge in [-0.1, -0.05) is 11.6 Å². The number of nitrogens with zero attached hydrogens (tertiary/aromatic N) is 2. The van der Waals surface area contributed by atoms with E-state index in [0.717, 1.165) is 6.07 Å². The van der Waals surface area contributed by atoms with Gasteiger partial charge in [0.15, 0.2) is 0 Å². The van der Waals surface area contributed by atoms with Crippen molar-refractivity contribution in [1.29, 1.82) is 0 Å². The van der Waals surface area contributed by atoms with E-state index in [9.17, 15) is 22.8 Å². The minimum absolute atomic E-state index is 0.0323. The number of rotatable bonds is 5. The number of aromatic nitrogens is 1. The Hall–Kier alpha value is -2.23. The molecule has 0 aliphatic carbocycles. The van der Waals surface area contributed by atoms with E-state index in [-0.39, 0.29) is 30.1 Å². The lowest BCUT2D eigenvalue weighted by atomic mass is 9.97. The third-order valence-electron chi connectivity index (χ3n) is 3.88. The lowest BCUT2D eigenvalue weighted by Gasteiger charge is -2.30. The van der Waals surface area contributed by atoms with Gasteiger partial charge in [0, 0.05) is 19.3 Å². The molecule has 0 aromatic carbocycles. The maximum atomic E-state index is 12.5. The number of carboxylic acid groups (broad SMARTS) is 1. The maximum absolute atomic E-state index is 12.5. The number of hydrogen-bond donors (Lipinski definition) is 2. The molecule has 1 aliphatic rings. The summed E-state index contributed by atoms with van der Waals surface area (Å²) in [4.78, 5) is 27.8. The highest BCUT2D eigenvalue weighted by molar-refractivity contribution is 6.31. The van der Waals surface area contributed by atoms with Crippen molar-refractivity contribution in [3.05, 3.63) is 22.8 Å². The average molecular weight is 396 g/mol. The highest BCUT2D eigenvalue weighted by atomic mass is 35.5. The van der Waals surface area contributed by atoms with E-state index in [1.54, 1.807) is 0 Å². The van der Waals surface area contributed by atoms with Gasteiger partial charge in [0.2, 0.25) is 5.88 Å². The number of amides is 2. The Morgan fingerprint density at radius 1 is 1.38 bits per heavy atom. The molecule has 2 N–H and O–H groups in total. The highest BCUT2D eigenvalue weighted by Gasteiger charge is 2.32. The van der Waals surface area contributed by atoms with E-state index in [4.69, 9.17) is 21.4 Å². The molecule has 1 fully saturated rings. The Labute approximate surface area is 152 Å². The van der Waals surface area contributed by atoms with Gasteiger partial charge in [0.25, 0.3) is 0 Å². The number of carbonyl (C=O) groups is 2. The Bertz CT molecular complexity index is 664. The number of ether oxygens (including phenoxy) is 1. The molecule has 0 unspecified atom stereocenters. The molecule has 0 saturated carbocycles. The SMILES string of the molecule is O=C(O)C1CCN(C(=O)NCCOc2ncc(C(F)(F)F)cc2Cl)CC1. The van der Waals surface area contributed by atoms with Crippen LogP contribution >= 0.6 is 11.6 Å². The number of carbonyl (C=O) groups excluding carboxylic acids is 1. The van der Waals surface area contributed by atoms with Gasteiger partial charge in [-0.25, -0.2) is 9.78 Å². The van der Waals surface area contributed by atoms with Crippen LogP contribution in [0.25, 0.3) is 0 Å². The number of urea groups is 1. The molecule has 144 valence electrons. The number of piperidine rings is 1. The van der Waals surface area contributed by atoms with Crippen LogP contribution in [-0.2, 0) is 11.0 Å². The van der Waals surface area contributed by atoms with Crippen LogP contribution in [0.15, 0.2) is 12.3 Å². The first-order valence-electron chi connectivity index (χ1n) is 7.79. The van der Waals surface area contributed by atoms with Crippen molar-refractivity contribution in [3.8, 4) is 5.88 Å². The normalized spacial score (nSPS) is 15.6. The van der Waals surface area contributed by atoms with Gasteiger partial charge in [0.1, 0.15) is 11.6 Å². The maximum Gasteiger partial charge on any atom is 0.417 e. The van der Waals surface area contributed by atoms with Gasteiger partial charge in [-0.05, 0) is 18.9 Å². The fourth-order valence-corrected chi connectivity index (χ4v) is 2.65. The molecule has 0 bridgehead atoms. The highest BCUT2D eigenvalue weighted by Crippen LogP contribution is 2.33. The molecular formula is C15H17ClF3N3O4. The molecule has 0 atom stereocenters. The first-order chi connectivity index (χ1) is 12.2. The molecule has 2 rings (SSSR count). The Balaban J connectivity index is 1.74. The van der Waals surface area contributed by atoms with Crippen molar-refractivity contribution in [3.63, 3.8) is 0 Å². The molecule has 7 nitrogen and oxygen atoms in total. The monoisotopic (exact) mass is 395 g/mol. The van der Waals surface area contributed by atoms with E-state index in [0.29, 0.717) is 32.1 Å². The van der Waals surface area contributed by atoms with Crippen molar-refractivity contribution in [2.24, 2.45) is 5.92 Å². The fraction of sp³-hybridized carbons (Fsp3) is 0.533. The zero-order valence-corrected chi connectivity index (χ0v) is 14.3. The number of aliphatic carboxylic acids is 1. The third-order valence-corrected chi connectivity index (χ3v) is 4.15. The molecule has 26 heavy (non-hydrogen) atoms. The lowest BCUT2D eigenvalue weighted by Crippen LogP contribution is -2.46. The minimum Gasteiger partial charge on any atom is -0.481 e. The van der Waals surface area contributed by atoms with Gasteiger partial charge in [-0.15, -0.1) is 0 Å². The van der Waals surface area contributed by atoms with E-state index < -0.39 is 23.6 Å². The van der Waals surface area contributed by atoms with Crippen LogP contribution in [0.5, 0.6) is 5.88 Å². The summed E-state index contributed by atoms with van der Waals surface area (Å²) in [6.45, 7) is 0.748. The van der Waals surface area contributed by atoms with E-state index in [2.05, 4.69) is 10.3 Å². The van der Waals surface area contributed by atoms with Gasteiger partial charge in [0.05, 0.1) is 18.0 Å². The van der Waals surface area contributed by atoms with E-state index in [1.165, 1.54) is 4.90 Å². The van der Waals surface area contributed by atoms with Crippen molar-refractivity contribution in [1.82, 2.24) is 15.2 Å². The number of nitrogens with one attached hydrogen (secondary N) is 1. The summed E-state index contributed by atoms with van der Waals surface area (Å²) >= 11 is 5.71. The van der Waals surface area contributed by atoms with Crippen molar-refractivity contribution in [2.45, 2.75) is 19.0 Å². The first kappa shape index (κ1) is 20.1. The zero-order valence-electron chi connectivity index (χ0n) is 13.6.